The fourth-order valence-electron chi connectivity index (χ4n) is 2.46. The van der Waals surface area contributed by atoms with Crippen LogP contribution < -0.4 is 10.6 Å². The van der Waals surface area contributed by atoms with Gasteiger partial charge in [0.25, 0.3) is 0 Å². The molecule has 1 fully saturated rings. The lowest BCUT2D eigenvalue weighted by molar-refractivity contribution is 0.0238. The third kappa shape index (κ3) is 4.03. The molecule has 1 aliphatic rings. The molecule has 0 unspecified atom stereocenters. The number of carbonyl (C=O) groups excluding carboxylic acids is 1. The fourth-order valence-corrected chi connectivity index (χ4v) is 2.46. The number of likely N-dealkylation sites (N-methyl/N-ethyl adjacent to an activating group) is 1. The van der Waals surface area contributed by atoms with Gasteiger partial charge in [-0.3, -0.25) is 0 Å². The van der Waals surface area contributed by atoms with Crippen molar-refractivity contribution >= 4 is 17.5 Å². The van der Waals surface area contributed by atoms with Gasteiger partial charge in [0.1, 0.15) is 5.60 Å². The summed E-state index contributed by atoms with van der Waals surface area (Å²) < 4.78 is 5.42. The monoisotopic (exact) mass is 291 g/mol. The van der Waals surface area contributed by atoms with E-state index in [-0.39, 0.29) is 12.1 Å². The second kappa shape index (κ2) is 5.84. The average molecular weight is 291 g/mol. The SMILES string of the molecule is CN(C(=O)OC(C)(C)C)[C@@H]1CCN(c2ccc(N)cc2)C1. The van der Waals surface area contributed by atoms with Crippen LogP contribution >= 0.6 is 0 Å². The average Bonchev–Trinajstić information content (AvgIpc) is 2.86. The molecule has 0 saturated carbocycles. The van der Waals surface area contributed by atoms with Crippen molar-refractivity contribution in [3.05, 3.63) is 24.3 Å². The molecule has 0 spiro atoms. The summed E-state index contributed by atoms with van der Waals surface area (Å²) in [7, 11) is 1.81. The first-order valence-electron chi connectivity index (χ1n) is 7.32. The lowest BCUT2D eigenvalue weighted by atomic mass is 10.2. The van der Waals surface area contributed by atoms with Gasteiger partial charge in [-0.05, 0) is 51.5 Å². The minimum absolute atomic E-state index is 0.178. The van der Waals surface area contributed by atoms with Crippen LogP contribution in [-0.4, -0.2) is 42.8 Å². The minimum Gasteiger partial charge on any atom is -0.444 e. The predicted octanol–water partition coefficient (Wildman–Crippen LogP) is 2.71. The topological polar surface area (TPSA) is 58.8 Å². The van der Waals surface area contributed by atoms with Crippen LogP contribution in [0.2, 0.25) is 0 Å². The molecule has 116 valence electrons. The van der Waals surface area contributed by atoms with Gasteiger partial charge in [-0.25, -0.2) is 4.79 Å². The van der Waals surface area contributed by atoms with E-state index >= 15 is 0 Å². The zero-order valence-corrected chi connectivity index (χ0v) is 13.3. The number of hydrogen-bond acceptors (Lipinski definition) is 4. The number of nitrogens with two attached hydrogens (primary N) is 1. The summed E-state index contributed by atoms with van der Waals surface area (Å²) in [4.78, 5) is 16.1. The Morgan fingerprint density at radius 1 is 1.33 bits per heavy atom. The number of hydrogen-bond donors (Lipinski definition) is 1. The smallest absolute Gasteiger partial charge is 0.410 e. The molecule has 2 N–H and O–H groups in total. The first-order chi connectivity index (χ1) is 9.76. The molecule has 5 nitrogen and oxygen atoms in total. The van der Waals surface area contributed by atoms with Gasteiger partial charge in [-0.15, -0.1) is 0 Å². The second-order valence-electron chi connectivity index (χ2n) is 6.57. The molecule has 21 heavy (non-hydrogen) atoms. The highest BCUT2D eigenvalue weighted by Crippen LogP contribution is 2.24. The number of anilines is 2. The quantitative estimate of drug-likeness (QED) is 0.851. The van der Waals surface area contributed by atoms with E-state index in [0.29, 0.717) is 0 Å². The van der Waals surface area contributed by atoms with E-state index in [0.717, 1.165) is 30.9 Å². The van der Waals surface area contributed by atoms with Crippen LogP contribution in [0.4, 0.5) is 16.2 Å². The summed E-state index contributed by atoms with van der Waals surface area (Å²) in [5.41, 5.74) is 7.16. The van der Waals surface area contributed by atoms with Gasteiger partial charge in [-0.2, -0.15) is 0 Å². The number of benzene rings is 1. The Kier molecular flexibility index (Phi) is 4.30. The standard InChI is InChI=1S/C16H25N3O2/c1-16(2,3)21-15(20)18(4)14-9-10-19(11-14)13-7-5-12(17)6-8-13/h5-8,14H,9-11,17H2,1-4H3/t14-/m1/s1. The molecule has 0 radical (unpaired) electrons. The van der Waals surface area contributed by atoms with E-state index < -0.39 is 5.60 Å². The highest BCUT2D eigenvalue weighted by atomic mass is 16.6. The van der Waals surface area contributed by atoms with Gasteiger partial charge >= 0.3 is 6.09 Å². The van der Waals surface area contributed by atoms with Crippen molar-refractivity contribution in [1.29, 1.82) is 0 Å². The Labute approximate surface area is 126 Å². The maximum atomic E-state index is 12.1. The van der Waals surface area contributed by atoms with Crippen molar-refractivity contribution in [3.8, 4) is 0 Å². The van der Waals surface area contributed by atoms with Gasteiger partial charge < -0.3 is 20.3 Å². The normalized spacial score (nSPS) is 18.7. The molecule has 1 aromatic rings. The predicted molar refractivity (Wildman–Crippen MR) is 85.5 cm³/mol. The highest BCUT2D eigenvalue weighted by molar-refractivity contribution is 5.68. The summed E-state index contributed by atoms with van der Waals surface area (Å²) in [6.07, 6.45) is 0.687. The van der Waals surface area contributed by atoms with Gasteiger partial charge in [-0.1, -0.05) is 0 Å². The van der Waals surface area contributed by atoms with Crippen molar-refractivity contribution in [1.82, 2.24) is 4.90 Å². The van der Waals surface area contributed by atoms with Crippen LogP contribution in [0.25, 0.3) is 0 Å². The van der Waals surface area contributed by atoms with Gasteiger partial charge in [0.2, 0.25) is 0 Å². The van der Waals surface area contributed by atoms with Crippen molar-refractivity contribution in [2.75, 3.05) is 30.8 Å². The van der Waals surface area contributed by atoms with Gasteiger partial charge in [0.05, 0.1) is 6.04 Å². The largest absolute Gasteiger partial charge is 0.444 e. The van der Waals surface area contributed by atoms with Gasteiger partial charge in [0.15, 0.2) is 0 Å². The lowest BCUT2D eigenvalue weighted by Crippen LogP contribution is -2.42. The maximum absolute atomic E-state index is 12.1. The molecule has 1 saturated heterocycles. The Bertz CT molecular complexity index is 493. The molecule has 2 rings (SSSR count). The van der Waals surface area contributed by atoms with Crippen LogP contribution in [0.3, 0.4) is 0 Å². The molecule has 1 aromatic carbocycles. The maximum Gasteiger partial charge on any atom is 0.410 e. The number of amides is 1. The third-order valence-corrected chi connectivity index (χ3v) is 3.65. The summed E-state index contributed by atoms with van der Waals surface area (Å²) in [6, 6.07) is 8.02. The number of rotatable bonds is 2. The molecule has 1 aliphatic heterocycles. The van der Waals surface area contributed by atoms with Crippen molar-refractivity contribution in [3.63, 3.8) is 0 Å². The zero-order valence-electron chi connectivity index (χ0n) is 13.3. The van der Waals surface area contributed by atoms with E-state index in [9.17, 15) is 4.79 Å². The number of carbonyl (C=O) groups is 1. The Balaban J connectivity index is 1.95. The van der Waals surface area contributed by atoms with Crippen molar-refractivity contribution in [2.45, 2.75) is 38.8 Å². The first kappa shape index (κ1) is 15.5. The summed E-state index contributed by atoms with van der Waals surface area (Å²) in [6.45, 7) is 7.40. The summed E-state index contributed by atoms with van der Waals surface area (Å²) in [5, 5.41) is 0. The minimum atomic E-state index is -0.458. The van der Waals surface area contributed by atoms with E-state index in [1.54, 1.807) is 4.90 Å². The van der Waals surface area contributed by atoms with E-state index in [1.807, 2.05) is 52.1 Å². The molecule has 0 aromatic heterocycles. The zero-order chi connectivity index (χ0) is 15.6. The Morgan fingerprint density at radius 2 is 1.95 bits per heavy atom. The van der Waals surface area contributed by atoms with Crippen LogP contribution in [0.1, 0.15) is 27.2 Å². The van der Waals surface area contributed by atoms with Gasteiger partial charge in [0, 0.05) is 31.5 Å². The van der Waals surface area contributed by atoms with Crippen molar-refractivity contribution < 1.29 is 9.53 Å². The third-order valence-electron chi connectivity index (χ3n) is 3.65. The van der Waals surface area contributed by atoms with E-state index in [4.69, 9.17) is 10.5 Å². The first-order valence-corrected chi connectivity index (χ1v) is 7.32. The highest BCUT2D eigenvalue weighted by Gasteiger charge is 2.30. The number of ether oxygens (including phenoxy) is 1. The second-order valence-corrected chi connectivity index (χ2v) is 6.57. The molecule has 1 amide bonds. The van der Waals surface area contributed by atoms with E-state index in [1.165, 1.54) is 0 Å². The van der Waals surface area contributed by atoms with Crippen molar-refractivity contribution in [2.24, 2.45) is 0 Å². The molecule has 0 bridgehead atoms. The Morgan fingerprint density at radius 3 is 2.52 bits per heavy atom. The van der Waals surface area contributed by atoms with Crippen LogP contribution in [-0.2, 0) is 4.74 Å². The van der Waals surface area contributed by atoms with Crippen LogP contribution in [0, 0.1) is 0 Å². The van der Waals surface area contributed by atoms with Crippen LogP contribution in [0.15, 0.2) is 24.3 Å². The number of nitrogen functional groups attached to an aromatic ring is 1. The molecular formula is C16H25N3O2. The van der Waals surface area contributed by atoms with Crippen LogP contribution in [0.5, 0.6) is 0 Å². The summed E-state index contributed by atoms with van der Waals surface area (Å²) in [5.74, 6) is 0. The molecule has 1 atom stereocenters. The fraction of sp³-hybridized carbons (Fsp3) is 0.562. The lowest BCUT2D eigenvalue weighted by Gasteiger charge is -2.28. The Hall–Kier alpha value is -1.91. The van der Waals surface area contributed by atoms with E-state index in [2.05, 4.69) is 4.90 Å². The molecule has 0 aliphatic carbocycles. The number of nitrogens with zero attached hydrogens (tertiary/aromatic N) is 2. The summed E-state index contributed by atoms with van der Waals surface area (Å²) >= 11 is 0. The molecule has 1 heterocycles. The molecule has 5 heteroatoms. The molecular weight excluding hydrogens is 266 g/mol.